The predicted molar refractivity (Wildman–Crippen MR) is 114 cm³/mol. The molecule has 0 fully saturated rings. The van der Waals surface area contributed by atoms with E-state index in [9.17, 15) is 9.59 Å². The van der Waals surface area contributed by atoms with Crippen molar-refractivity contribution in [3.8, 4) is 0 Å². The minimum Gasteiger partial charge on any atom is -0.358 e. The first-order chi connectivity index (χ1) is 13.9. The largest absolute Gasteiger partial charge is 0.358 e. The van der Waals surface area contributed by atoms with Gasteiger partial charge in [-0.2, -0.15) is 0 Å². The van der Waals surface area contributed by atoms with Crippen LogP contribution in [0.3, 0.4) is 0 Å². The fraction of sp³-hybridized carbons (Fsp3) is 0.308. The molecule has 0 unspecified atom stereocenters. The first-order valence-electron chi connectivity index (χ1n) is 10.4. The fourth-order valence-electron chi connectivity index (χ4n) is 5.07. The van der Waals surface area contributed by atoms with Crippen molar-refractivity contribution in [1.29, 1.82) is 0 Å². The summed E-state index contributed by atoms with van der Waals surface area (Å²) in [6.45, 7) is 6.41. The summed E-state index contributed by atoms with van der Waals surface area (Å²) >= 11 is 0. The molecule has 0 saturated heterocycles. The van der Waals surface area contributed by atoms with E-state index in [1.807, 2.05) is 24.3 Å². The maximum absolute atomic E-state index is 13.4. The molecule has 3 nitrogen and oxygen atoms in total. The van der Waals surface area contributed by atoms with E-state index in [0.29, 0.717) is 6.42 Å². The SMILES string of the molecule is CCc1ccc([C@H]2C3=C(CC(C)(C)CC3=O)NC3=C2C(=O)c2ccccc23)cc1. The molecule has 2 aliphatic carbocycles. The molecule has 1 N–H and O–H groups in total. The van der Waals surface area contributed by atoms with E-state index in [-0.39, 0.29) is 22.9 Å². The Labute approximate surface area is 171 Å². The summed E-state index contributed by atoms with van der Waals surface area (Å²) in [6.07, 6.45) is 2.29. The number of benzene rings is 2. The quantitative estimate of drug-likeness (QED) is 0.777. The topological polar surface area (TPSA) is 46.2 Å². The zero-order chi connectivity index (χ0) is 20.3. The molecule has 5 rings (SSSR count). The minimum atomic E-state index is -0.296. The van der Waals surface area contributed by atoms with Gasteiger partial charge >= 0.3 is 0 Å². The van der Waals surface area contributed by atoms with Gasteiger partial charge < -0.3 is 5.32 Å². The average molecular weight is 383 g/mol. The van der Waals surface area contributed by atoms with Crippen molar-refractivity contribution in [2.45, 2.75) is 46.0 Å². The number of fused-ring (bicyclic) bond motifs is 2. The molecule has 0 spiro atoms. The summed E-state index contributed by atoms with van der Waals surface area (Å²) in [5.41, 5.74) is 7.26. The summed E-state index contributed by atoms with van der Waals surface area (Å²) in [7, 11) is 0. The molecule has 2 aromatic carbocycles. The van der Waals surface area contributed by atoms with Crippen molar-refractivity contribution < 1.29 is 9.59 Å². The zero-order valence-corrected chi connectivity index (χ0v) is 17.1. The number of ketones is 2. The number of rotatable bonds is 2. The number of allylic oxidation sites excluding steroid dienone is 3. The molecule has 146 valence electrons. The van der Waals surface area contributed by atoms with Gasteiger partial charge in [0.05, 0.1) is 5.70 Å². The number of Topliss-reactive ketones (excluding diaryl/α,β-unsaturated/α-hetero) is 2. The van der Waals surface area contributed by atoms with E-state index in [1.165, 1.54) is 5.56 Å². The van der Waals surface area contributed by atoms with Gasteiger partial charge in [0.2, 0.25) is 0 Å². The second kappa shape index (κ2) is 6.28. The van der Waals surface area contributed by atoms with E-state index in [2.05, 4.69) is 50.4 Å². The van der Waals surface area contributed by atoms with Gasteiger partial charge in [0.15, 0.2) is 11.6 Å². The van der Waals surface area contributed by atoms with Gasteiger partial charge in [0, 0.05) is 40.3 Å². The highest BCUT2D eigenvalue weighted by Gasteiger charge is 2.46. The molecule has 3 heteroatoms. The van der Waals surface area contributed by atoms with Crippen LogP contribution in [-0.2, 0) is 11.2 Å². The maximum Gasteiger partial charge on any atom is 0.192 e. The number of carbonyl (C=O) groups excluding carboxylic acids is 2. The molecular weight excluding hydrogens is 358 g/mol. The van der Waals surface area contributed by atoms with Crippen molar-refractivity contribution in [3.05, 3.63) is 87.6 Å². The Morgan fingerprint density at radius 3 is 2.31 bits per heavy atom. The Morgan fingerprint density at radius 1 is 0.931 bits per heavy atom. The van der Waals surface area contributed by atoms with Gasteiger partial charge in [-0.1, -0.05) is 69.3 Å². The lowest BCUT2D eigenvalue weighted by atomic mass is 9.68. The van der Waals surface area contributed by atoms with E-state index in [4.69, 9.17) is 0 Å². The monoisotopic (exact) mass is 383 g/mol. The third-order valence-electron chi connectivity index (χ3n) is 6.45. The lowest BCUT2D eigenvalue weighted by Gasteiger charge is -2.39. The number of aryl methyl sites for hydroxylation is 1. The molecular formula is C26H25NO2. The van der Waals surface area contributed by atoms with Gasteiger partial charge in [-0.3, -0.25) is 9.59 Å². The first-order valence-corrected chi connectivity index (χ1v) is 10.4. The average Bonchev–Trinajstić information content (AvgIpc) is 2.98. The van der Waals surface area contributed by atoms with Crippen molar-refractivity contribution in [2.75, 3.05) is 0 Å². The summed E-state index contributed by atoms with van der Waals surface area (Å²) in [5, 5.41) is 3.53. The molecule has 3 aliphatic rings. The fourth-order valence-corrected chi connectivity index (χ4v) is 5.07. The second-order valence-corrected chi connectivity index (χ2v) is 9.15. The van der Waals surface area contributed by atoms with Crippen LogP contribution in [0.1, 0.15) is 66.6 Å². The summed E-state index contributed by atoms with van der Waals surface area (Å²) in [4.78, 5) is 26.7. The van der Waals surface area contributed by atoms with Crippen LogP contribution in [0.2, 0.25) is 0 Å². The highest BCUT2D eigenvalue weighted by molar-refractivity contribution is 6.23. The third kappa shape index (κ3) is 2.71. The summed E-state index contributed by atoms with van der Waals surface area (Å²) in [5.74, 6) is -0.101. The van der Waals surface area contributed by atoms with Gasteiger partial charge in [0.25, 0.3) is 0 Å². The number of dihydropyridines is 1. The molecule has 1 aliphatic heterocycles. The molecule has 29 heavy (non-hydrogen) atoms. The zero-order valence-electron chi connectivity index (χ0n) is 17.1. The van der Waals surface area contributed by atoms with Gasteiger partial charge in [-0.05, 0) is 29.4 Å². The molecule has 2 aromatic rings. The summed E-state index contributed by atoms with van der Waals surface area (Å²) < 4.78 is 0. The van der Waals surface area contributed by atoms with Crippen LogP contribution in [0.15, 0.2) is 65.4 Å². The van der Waals surface area contributed by atoms with Gasteiger partial charge in [0.1, 0.15) is 0 Å². The van der Waals surface area contributed by atoms with Crippen LogP contribution in [0.4, 0.5) is 0 Å². The molecule has 1 heterocycles. The van der Waals surface area contributed by atoms with Crippen LogP contribution in [0.5, 0.6) is 0 Å². The van der Waals surface area contributed by atoms with Gasteiger partial charge in [-0.15, -0.1) is 0 Å². The minimum absolute atomic E-state index is 0.0388. The molecule has 0 amide bonds. The maximum atomic E-state index is 13.4. The molecule has 0 bridgehead atoms. The van der Waals surface area contributed by atoms with Crippen LogP contribution < -0.4 is 5.32 Å². The van der Waals surface area contributed by atoms with Gasteiger partial charge in [-0.25, -0.2) is 0 Å². The van der Waals surface area contributed by atoms with Crippen molar-refractivity contribution in [2.24, 2.45) is 5.41 Å². The van der Waals surface area contributed by atoms with E-state index >= 15 is 0 Å². The van der Waals surface area contributed by atoms with Crippen molar-refractivity contribution >= 4 is 17.3 Å². The summed E-state index contributed by atoms with van der Waals surface area (Å²) in [6, 6.07) is 16.2. The number of nitrogens with one attached hydrogen (secondary N) is 1. The second-order valence-electron chi connectivity index (χ2n) is 9.15. The standard InChI is InChI=1S/C26H25NO2/c1-4-15-9-11-16(12-10-15)21-22-19(13-26(2,3)14-20(22)28)27-24-17-7-5-6-8-18(17)25(29)23(21)24/h5-12,21,27H,4,13-14H2,1-3H3/t21-/m0/s1. The van der Waals surface area contributed by atoms with E-state index in [0.717, 1.165) is 52.1 Å². The highest BCUT2D eigenvalue weighted by Crippen LogP contribution is 2.51. The Balaban J connectivity index is 1.73. The molecule has 0 saturated carbocycles. The Hall–Kier alpha value is -2.94. The predicted octanol–water partition coefficient (Wildman–Crippen LogP) is 5.19. The van der Waals surface area contributed by atoms with Crippen LogP contribution in [0.25, 0.3) is 5.70 Å². The van der Waals surface area contributed by atoms with E-state index < -0.39 is 0 Å². The highest BCUT2D eigenvalue weighted by atomic mass is 16.1. The van der Waals surface area contributed by atoms with Crippen molar-refractivity contribution in [3.63, 3.8) is 0 Å². The van der Waals surface area contributed by atoms with Crippen LogP contribution in [-0.4, -0.2) is 11.6 Å². The molecule has 0 radical (unpaired) electrons. The first kappa shape index (κ1) is 18.1. The van der Waals surface area contributed by atoms with Crippen molar-refractivity contribution in [1.82, 2.24) is 5.32 Å². The Bertz CT molecular complexity index is 1120. The Morgan fingerprint density at radius 2 is 1.62 bits per heavy atom. The Kier molecular flexibility index (Phi) is 3.92. The molecule has 1 atom stereocenters. The number of hydrogen-bond acceptors (Lipinski definition) is 3. The van der Waals surface area contributed by atoms with Crippen LogP contribution >= 0.6 is 0 Å². The lowest BCUT2D eigenvalue weighted by molar-refractivity contribution is -0.118. The smallest absolute Gasteiger partial charge is 0.192 e. The van der Waals surface area contributed by atoms with E-state index in [1.54, 1.807) is 0 Å². The molecule has 0 aromatic heterocycles. The lowest BCUT2D eigenvalue weighted by Crippen LogP contribution is -2.37. The normalized spacial score (nSPS) is 22.2. The number of hydrogen-bond donors (Lipinski definition) is 1. The number of carbonyl (C=O) groups is 2. The van der Waals surface area contributed by atoms with Crippen LogP contribution in [0, 0.1) is 5.41 Å². The third-order valence-corrected chi connectivity index (χ3v) is 6.45.